The lowest BCUT2D eigenvalue weighted by molar-refractivity contribution is 0.112. The van der Waals surface area contributed by atoms with Crippen molar-refractivity contribution in [3.05, 3.63) is 66.0 Å². The zero-order valence-electron chi connectivity index (χ0n) is 14.1. The monoisotopic (exact) mass is 332 g/mol. The van der Waals surface area contributed by atoms with E-state index in [2.05, 4.69) is 5.32 Å². The molecule has 0 saturated carbocycles. The molecule has 0 aliphatic rings. The zero-order valence-corrected chi connectivity index (χ0v) is 14.1. The Morgan fingerprint density at radius 3 is 2.36 bits per heavy atom. The summed E-state index contributed by atoms with van der Waals surface area (Å²) in [4.78, 5) is 11.3. The first-order valence-corrected chi connectivity index (χ1v) is 7.98. The Bertz CT molecular complexity index is 942. The van der Waals surface area contributed by atoms with E-state index in [0.29, 0.717) is 33.5 Å². The second kappa shape index (κ2) is 6.81. The van der Waals surface area contributed by atoms with E-state index in [9.17, 15) is 4.79 Å². The maximum absolute atomic E-state index is 15.0. The molecule has 3 N–H and O–H groups in total. The molecule has 0 aromatic heterocycles. The summed E-state index contributed by atoms with van der Waals surface area (Å²) in [6.07, 6.45) is 0.717. The van der Waals surface area contributed by atoms with Crippen molar-refractivity contribution in [2.45, 2.75) is 0 Å². The highest BCUT2D eigenvalue weighted by Crippen LogP contribution is 2.32. The minimum atomic E-state index is -0.310. The molecule has 0 saturated heterocycles. The van der Waals surface area contributed by atoms with E-state index in [4.69, 9.17) is 5.73 Å². The Hall–Kier alpha value is -3.08. The van der Waals surface area contributed by atoms with Crippen molar-refractivity contribution in [1.29, 1.82) is 0 Å². The molecule has 0 bridgehead atoms. The molecular formula is C20H18BFN2O. The third-order valence-electron chi connectivity index (χ3n) is 4.36. The highest BCUT2D eigenvalue weighted by atomic mass is 19.1. The van der Waals surface area contributed by atoms with Gasteiger partial charge in [-0.1, -0.05) is 42.5 Å². The Morgan fingerprint density at radius 1 is 1.04 bits per heavy atom. The fraction of sp³-hybridized carbons (Fsp3) is 0.0500. The Morgan fingerprint density at radius 2 is 1.72 bits per heavy atom. The van der Waals surface area contributed by atoms with Crippen molar-refractivity contribution in [2.24, 2.45) is 0 Å². The molecule has 0 atom stereocenters. The van der Waals surface area contributed by atoms with Gasteiger partial charge in [0, 0.05) is 18.2 Å². The summed E-state index contributed by atoms with van der Waals surface area (Å²) < 4.78 is 15.0. The number of nitrogen functional groups attached to an aromatic ring is 1. The molecule has 3 rings (SSSR count). The van der Waals surface area contributed by atoms with Crippen LogP contribution in [0.1, 0.15) is 10.4 Å². The minimum absolute atomic E-state index is 0.310. The normalized spacial score (nSPS) is 10.5. The van der Waals surface area contributed by atoms with Crippen LogP contribution in [0.4, 0.5) is 15.8 Å². The third-order valence-corrected chi connectivity index (χ3v) is 4.36. The van der Waals surface area contributed by atoms with E-state index in [1.54, 1.807) is 33.1 Å². The van der Waals surface area contributed by atoms with E-state index in [0.717, 1.165) is 17.4 Å². The first kappa shape index (κ1) is 16.8. The van der Waals surface area contributed by atoms with Crippen LogP contribution in [0, 0.1) is 5.82 Å². The van der Waals surface area contributed by atoms with Crippen molar-refractivity contribution in [2.75, 3.05) is 18.1 Å². The number of carbonyl (C=O) groups is 1. The Labute approximate surface area is 147 Å². The van der Waals surface area contributed by atoms with Gasteiger partial charge < -0.3 is 11.1 Å². The predicted octanol–water partition coefficient (Wildman–Crippen LogP) is 2.85. The molecule has 0 heterocycles. The number of nitrogens with one attached hydrogen (secondary N) is 1. The van der Waals surface area contributed by atoms with Crippen molar-refractivity contribution < 1.29 is 9.18 Å². The lowest BCUT2D eigenvalue weighted by Crippen LogP contribution is -2.14. The lowest BCUT2D eigenvalue weighted by atomic mass is 9.83. The standard InChI is InChI=1S/C20H18BFN2O/c1-24-20-14(11-25)9-13(10-17(20)23)16-8-7-15(18(21)19(16)22)12-5-3-2-4-6-12/h2-11,24H,21,23H2,1H3. The molecule has 0 aliphatic carbocycles. The summed E-state index contributed by atoms with van der Waals surface area (Å²) >= 11 is 0. The summed E-state index contributed by atoms with van der Waals surface area (Å²) in [6.45, 7) is 0. The summed E-state index contributed by atoms with van der Waals surface area (Å²) in [7, 11) is 3.45. The number of benzene rings is 3. The van der Waals surface area contributed by atoms with Crippen LogP contribution >= 0.6 is 0 Å². The number of nitrogens with two attached hydrogens (primary N) is 1. The van der Waals surface area contributed by atoms with Crippen LogP contribution in [0.5, 0.6) is 0 Å². The highest BCUT2D eigenvalue weighted by Gasteiger charge is 2.15. The average Bonchev–Trinajstić information content (AvgIpc) is 2.64. The van der Waals surface area contributed by atoms with Gasteiger partial charge in [-0.05, 0) is 34.3 Å². The van der Waals surface area contributed by atoms with Crippen LogP contribution in [-0.2, 0) is 0 Å². The van der Waals surface area contributed by atoms with E-state index in [1.807, 2.05) is 36.4 Å². The van der Waals surface area contributed by atoms with Crippen molar-refractivity contribution in [1.82, 2.24) is 0 Å². The summed E-state index contributed by atoms with van der Waals surface area (Å²) in [6, 6.07) is 16.6. The van der Waals surface area contributed by atoms with Crippen LogP contribution in [0.15, 0.2) is 54.6 Å². The molecular weight excluding hydrogens is 314 g/mol. The SMILES string of the molecule is Bc1c(-c2ccccc2)ccc(-c2cc(N)c(NC)c(C=O)c2)c1F. The van der Waals surface area contributed by atoms with E-state index < -0.39 is 0 Å². The molecule has 0 aliphatic heterocycles. The number of rotatable bonds is 4. The number of aldehydes is 1. The Balaban J connectivity index is 2.15. The van der Waals surface area contributed by atoms with Gasteiger partial charge in [-0.3, -0.25) is 4.79 Å². The smallest absolute Gasteiger partial charge is 0.152 e. The number of hydrogen-bond acceptors (Lipinski definition) is 3. The van der Waals surface area contributed by atoms with Crippen LogP contribution < -0.4 is 16.5 Å². The molecule has 124 valence electrons. The second-order valence-electron chi connectivity index (χ2n) is 5.86. The van der Waals surface area contributed by atoms with Crippen molar-refractivity contribution in [3.63, 3.8) is 0 Å². The third kappa shape index (κ3) is 3.01. The summed E-state index contributed by atoms with van der Waals surface area (Å²) in [5.74, 6) is -0.310. The van der Waals surface area contributed by atoms with Gasteiger partial charge in [-0.2, -0.15) is 0 Å². The summed E-state index contributed by atoms with van der Waals surface area (Å²) in [5, 5.41) is 2.90. The van der Waals surface area contributed by atoms with Gasteiger partial charge in [0.25, 0.3) is 0 Å². The topological polar surface area (TPSA) is 55.1 Å². The molecule has 0 amide bonds. The number of carbonyl (C=O) groups excluding carboxylic acids is 1. The summed E-state index contributed by atoms with van der Waals surface area (Å²) in [5.41, 5.74) is 10.8. The van der Waals surface area contributed by atoms with Gasteiger partial charge >= 0.3 is 0 Å². The van der Waals surface area contributed by atoms with E-state index >= 15 is 4.39 Å². The molecule has 25 heavy (non-hydrogen) atoms. The average molecular weight is 332 g/mol. The maximum atomic E-state index is 15.0. The molecule has 3 aromatic carbocycles. The van der Waals surface area contributed by atoms with Gasteiger partial charge in [-0.25, -0.2) is 4.39 Å². The molecule has 0 unspecified atom stereocenters. The largest absolute Gasteiger partial charge is 0.397 e. The zero-order chi connectivity index (χ0) is 18.0. The van der Waals surface area contributed by atoms with Gasteiger partial charge in [0.05, 0.1) is 11.4 Å². The van der Waals surface area contributed by atoms with Crippen molar-refractivity contribution >= 4 is 31.0 Å². The minimum Gasteiger partial charge on any atom is -0.397 e. The maximum Gasteiger partial charge on any atom is 0.152 e. The number of halogens is 1. The van der Waals surface area contributed by atoms with Crippen LogP contribution in [0.3, 0.4) is 0 Å². The highest BCUT2D eigenvalue weighted by molar-refractivity contribution is 6.36. The fourth-order valence-corrected chi connectivity index (χ4v) is 3.06. The second-order valence-corrected chi connectivity index (χ2v) is 5.86. The first-order valence-electron chi connectivity index (χ1n) is 7.98. The quantitative estimate of drug-likeness (QED) is 0.439. The van der Waals surface area contributed by atoms with E-state index in [1.165, 1.54) is 0 Å². The van der Waals surface area contributed by atoms with E-state index in [-0.39, 0.29) is 5.82 Å². The van der Waals surface area contributed by atoms with Crippen LogP contribution in [-0.4, -0.2) is 21.2 Å². The Kier molecular flexibility index (Phi) is 4.57. The fourth-order valence-electron chi connectivity index (χ4n) is 3.06. The molecule has 3 nitrogen and oxygen atoms in total. The molecule has 0 spiro atoms. The predicted molar refractivity (Wildman–Crippen MR) is 105 cm³/mol. The number of anilines is 2. The lowest BCUT2D eigenvalue weighted by Gasteiger charge is -2.14. The number of hydrogen-bond donors (Lipinski definition) is 2. The van der Waals surface area contributed by atoms with Gasteiger partial charge in [0.1, 0.15) is 13.7 Å². The van der Waals surface area contributed by atoms with Gasteiger partial charge in [-0.15, -0.1) is 0 Å². The molecule has 0 fully saturated rings. The molecule has 3 aromatic rings. The van der Waals surface area contributed by atoms with Gasteiger partial charge in [0.2, 0.25) is 0 Å². The van der Waals surface area contributed by atoms with Crippen molar-refractivity contribution in [3.8, 4) is 22.3 Å². The van der Waals surface area contributed by atoms with Crippen LogP contribution in [0.25, 0.3) is 22.3 Å². The molecule has 5 heteroatoms. The molecule has 0 radical (unpaired) electrons. The van der Waals surface area contributed by atoms with Gasteiger partial charge in [0.15, 0.2) is 6.29 Å². The first-order chi connectivity index (χ1) is 12.1. The van der Waals surface area contributed by atoms with Crippen LogP contribution in [0.2, 0.25) is 0 Å².